The number of piperidine rings is 1. The highest BCUT2D eigenvalue weighted by Crippen LogP contribution is 2.30. The zero-order valence-corrected chi connectivity index (χ0v) is 17.9. The van der Waals surface area contributed by atoms with Gasteiger partial charge in [-0.15, -0.1) is 0 Å². The molecule has 0 radical (unpaired) electrons. The Morgan fingerprint density at radius 3 is 2.66 bits per heavy atom. The van der Waals surface area contributed by atoms with Gasteiger partial charge in [0.1, 0.15) is 6.04 Å². The Labute approximate surface area is 187 Å². The number of rotatable bonds is 5. The molecule has 3 N–H and O–H groups in total. The summed E-state index contributed by atoms with van der Waals surface area (Å²) in [7, 11) is 0. The number of hydrogen-bond donors (Lipinski definition) is 3. The first-order valence-corrected chi connectivity index (χ1v) is 11.2. The fourth-order valence-corrected chi connectivity index (χ4v) is 4.71. The average molecular weight is 434 g/mol. The molecule has 8 nitrogen and oxygen atoms in total. The summed E-state index contributed by atoms with van der Waals surface area (Å²) in [5.74, 6) is -0.795. The van der Waals surface area contributed by atoms with Gasteiger partial charge in [-0.05, 0) is 35.7 Å². The predicted octanol–water partition coefficient (Wildman–Crippen LogP) is 1.47. The van der Waals surface area contributed by atoms with Gasteiger partial charge in [0.2, 0.25) is 11.8 Å². The number of piperazine rings is 1. The van der Waals surface area contributed by atoms with E-state index in [-0.39, 0.29) is 24.1 Å². The molecule has 166 valence electrons. The summed E-state index contributed by atoms with van der Waals surface area (Å²) in [4.78, 5) is 40.7. The van der Waals surface area contributed by atoms with E-state index in [2.05, 4.69) is 39.0 Å². The van der Waals surface area contributed by atoms with Crippen LogP contribution in [0.5, 0.6) is 0 Å². The van der Waals surface area contributed by atoms with Crippen LogP contribution in [-0.2, 0) is 22.7 Å². The fraction of sp³-hybridized carbons (Fsp3) is 0.375. The van der Waals surface area contributed by atoms with Crippen molar-refractivity contribution in [2.24, 2.45) is 0 Å². The minimum atomic E-state index is -0.583. The van der Waals surface area contributed by atoms with E-state index in [4.69, 9.17) is 0 Å². The zero-order chi connectivity index (χ0) is 22.1. The van der Waals surface area contributed by atoms with Crippen molar-refractivity contribution in [3.63, 3.8) is 0 Å². The normalized spacial score (nSPS) is 20.9. The number of nitrogens with zero attached hydrogens (tertiary/aromatic N) is 2. The second kappa shape index (κ2) is 8.63. The fourth-order valence-electron chi connectivity index (χ4n) is 4.71. The Kier molecular flexibility index (Phi) is 5.53. The van der Waals surface area contributed by atoms with Crippen LogP contribution in [0.3, 0.4) is 0 Å². The van der Waals surface area contributed by atoms with Gasteiger partial charge in [0, 0.05) is 51.3 Å². The van der Waals surface area contributed by atoms with E-state index in [1.807, 2.05) is 24.3 Å². The molecule has 3 aliphatic rings. The quantitative estimate of drug-likeness (QED) is 0.619. The molecular formula is C24H27N5O3. The van der Waals surface area contributed by atoms with E-state index in [1.165, 1.54) is 5.69 Å². The summed E-state index contributed by atoms with van der Waals surface area (Å²) in [6.07, 6.45) is 0.639. The minimum absolute atomic E-state index is 0.141. The number of benzene rings is 2. The van der Waals surface area contributed by atoms with Gasteiger partial charge in [-0.25, -0.2) is 0 Å². The highest BCUT2D eigenvalue weighted by molar-refractivity contribution is 6.05. The molecule has 3 heterocycles. The molecule has 3 amide bonds. The third-order valence-corrected chi connectivity index (χ3v) is 6.44. The number of nitrogens with one attached hydrogen (secondary N) is 3. The number of anilines is 2. The van der Waals surface area contributed by atoms with E-state index in [9.17, 15) is 14.4 Å². The molecule has 2 fully saturated rings. The zero-order valence-electron chi connectivity index (χ0n) is 17.9. The molecule has 32 heavy (non-hydrogen) atoms. The summed E-state index contributed by atoms with van der Waals surface area (Å²) in [5.41, 5.74) is 4.84. The van der Waals surface area contributed by atoms with E-state index in [0.717, 1.165) is 43.0 Å². The monoisotopic (exact) mass is 433 g/mol. The summed E-state index contributed by atoms with van der Waals surface area (Å²) in [5, 5.41) is 9.26. The summed E-state index contributed by atoms with van der Waals surface area (Å²) in [6.45, 7) is 4.91. The van der Waals surface area contributed by atoms with Gasteiger partial charge in [0.25, 0.3) is 5.91 Å². The van der Waals surface area contributed by atoms with Gasteiger partial charge in [-0.2, -0.15) is 0 Å². The summed E-state index contributed by atoms with van der Waals surface area (Å²) >= 11 is 0. The van der Waals surface area contributed by atoms with Crippen LogP contribution in [0, 0.1) is 0 Å². The van der Waals surface area contributed by atoms with Crippen molar-refractivity contribution in [3.8, 4) is 0 Å². The van der Waals surface area contributed by atoms with Crippen LogP contribution in [0.1, 0.15) is 34.3 Å². The van der Waals surface area contributed by atoms with Crippen LogP contribution in [-0.4, -0.2) is 54.8 Å². The Morgan fingerprint density at radius 1 is 1.03 bits per heavy atom. The Hall–Kier alpha value is -3.39. The number of carbonyl (C=O) groups excluding carboxylic acids is 3. The van der Waals surface area contributed by atoms with E-state index in [0.29, 0.717) is 25.1 Å². The minimum Gasteiger partial charge on any atom is -0.379 e. The van der Waals surface area contributed by atoms with Gasteiger partial charge >= 0.3 is 0 Å². The topological polar surface area (TPSA) is 93.8 Å². The van der Waals surface area contributed by atoms with Crippen LogP contribution in [0.15, 0.2) is 42.5 Å². The molecule has 2 saturated heterocycles. The van der Waals surface area contributed by atoms with Crippen molar-refractivity contribution in [2.75, 3.05) is 36.4 Å². The lowest BCUT2D eigenvalue weighted by atomic mass is 10.0. The van der Waals surface area contributed by atoms with Crippen LogP contribution in [0.25, 0.3) is 0 Å². The average Bonchev–Trinajstić information content (AvgIpc) is 3.14. The maximum atomic E-state index is 13.0. The van der Waals surface area contributed by atoms with Crippen LogP contribution < -0.4 is 20.9 Å². The van der Waals surface area contributed by atoms with E-state index in [1.54, 1.807) is 4.90 Å². The van der Waals surface area contributed by atoms with Gasteiger partial charge < -0.3 is 20.4 Å². The Balaban J connectivity index is 1.29. The molecule has 0 spiro atoms. The Morgan fingerprint density at radius 2 is 1.84 bits per heavy atom. The molecule has 0 bridgehead atoms. The van der Waals surface area contributed by atoms with Crippen molar-refractivity contribution in [1.29, 1.82) is 0 Å². The van der Waals surface area contributed by atoms with Gasteiger partial charge in [-0.3, -0.25) is 19.7 Å². The largest absolute Gasteiger partial charge is 0.379 e. The Bertz CT molecular complexity index is 1060. The number of hydrogen-bond acceptors (Lipinski definition) is 6. The molecule has 0 aliphatic carbocycles. The second-order valence-corrected chi connectivity index (χ2v) is 8.50. The molecule has 0 aromatic heterocycles. The van der Waals surface area contributed by atoms with Crippen LogP contribution in [0.4, 0.5) is 11.4 Å². The maximum absolute atomic E-state index is 13.0. The van der Waals surface area contributed by atoms with Gasteiger partial charge in [-0.1, -0.05) is 24.3 Å². The van der Waals surface area contributed by atoms with Crippen molar-refractivity contribution in [3.05, 3.63) is 59.2 Å². The molecule has 5 rings (SSSR count). The lowest BCUT2D eigenvalue weighted by molar-refractivity contribution is -0.136. The molecule has 2 aromatic carbocycles. The van der Waals surface area contributed by atoms with Crippen molar-refractivity contribution in [2.45, 2.75) is 32.0 Å². The number of fused-ring (bicyclic) bond motifs is 1. The SMILES string of the molecule is O=C1CCC(N2Cc3ccc(CNc4ccccc4N4CCNCC4)cc3C2=O)C(=O)N1. The number of imide groups is 1. The van der Waals surface area contributed by atoms with E-state index < -0.39 is 6.04 Å². The van der Waals surface area contributed by atoms with Crippen LogP contribution in [0.2, 0.25) is 0 Å². The third-order valence-electron chi connectivity index (χ3n) is 6.44. The molecule has 1 unspecified atom stereocenters. The third kappa shape index (κ3) is 3.93. The number of amides is 3. The first-order valence-electron chi connectivity index (χ1n) is 11.2. The van der Waals surface area contributed by atoms with Crippen LogP contribution >= 0.6 is 0 Å². The highest BCUT2D eigenvalue weighted by Gasteiger charge is 2.39. The first kappa shape index (κ1) is 20.5. The van der Waals surface area contributed by atoms with Gasteiger partial charge in [0.05, 0.1) is 11.4 Å². The smallest absolute Gasteiger partial charge is 0.255 e. The number of carbonyl (C=O) groups is 3. The number of para-hydroxylation sites is 2. The van der Waals surface area contributed by atoms with Crippen molar-refractivity contribution < 1.29 is 14.4 Å². The summed E-state index contributed by atoms with van der Waals surface area (Å²) in [6, 6.07) is 13.6. The lowest BCUT2D eigenvalue weighted by Crippen LogP contribution is -2.52. The van der Waals surface area contributed by atoms with Gasteiger partial charge in [0.15, 0.2) is 0 Å². The lowest BCUT2D eigenvalue weighted by Gasteiger charge is -2.31. The molecule has 1 atom stereocenters. The highest BCUT2D eigenvalue weighted by atomic mass is 16.2. The van der Waals surface area contributed by atoms with Crippen molar-refractivity contribution in [1.82, 2.24) is 15.5 Å². The van der Waals surface area contributed by atoms with E-state index >= 15 is 0 Å². The first-order chi connectivity index (χ1) is 15.6. The maximum Gasteiger partial charge on any atom is 0.255 e. The molecular weight excluding hydrogens is 406 g/mol. The summed E-state index contributed by atoms with van der Waals surface area (Å²) < 4.78 is 0. The second-order valence-electron chi connectivity index (χ2n) is 8.50. The standard InChI is InChI=1S/C24H27N5O3/c30-22-8-7-21(23(31)27-22)29-15-17-6-5-16(13-18(17)24(29)32)14-26-19-3-1-2-4-20(19)28-11-9-25-10-12-28/h1-6,13,21,25-26H,7-12,14-15H2,(H,27,30,31). The predicted molar refractivity (Wildman–Crippen MR) is 121 cm³/mol. The molecule has 2 aromatic rings. The molecule has 3 aliphatic heterocycles. The molecule has 8 heteroatoms. The van der Waals surface area contributed by atoms with Crippen molar-refractivity contribution >= 4 is 29.1 Å². The molecule has 0 saturated carbocycles.